The zero-order valence-corrected chi connectivity index (χ0v) is 10.9. The molecular formula is C13H24N2O2. The molecule has 1 heterocycles. The van der Waals surface area contributed by atoms with Gasteiger partial charge in [0.25, 0.3) is 0 Å². The number of rotatable bonds is 3. The number of carbonyl (C=O) groups excluding carboxylic acids is 1. The Bertz CT molecular complexity index is 264. The molecule has 0 aromatic heterocycles. The number of nitrogens with zero attached hydrogens (tertiary/aromatic N) is 1. The van der Waals surface area contributed by atoms with E-state index in [9.17, 15) is 4.79 Å². The van der Waals surface area contributed by atoms with Crippen LogP contribution in [-0.2, 0) is 4.74 Å². The van der Waals surface area contributed by atoms with Crippen LogP contribution in [-0.4, -0.2) is 42.8 Å². The van der Waals surface area contributed by atoms with E-state index in [-0.39, 0.29) is 6.03 Å². The number of piperidine rings is 1. The number of amides is 2. The zero-order chi connectivity index (χ0) is 12.3. The van der Waals surface area contributed by atoms with E-state index in [2.05, 4.69) is 12.2 Å². The molecule has 2 amide bonds. The molecule has 2 rings (SSSR count). The lowest BCUT2D eigenvalue weighted by molar-refractivity contribution is -0.00835. The van der Waals surface area contributed by atoms with Crippen LogP contribution in [0, 0.1) is 5.92 Å². The van der Waals surface area contributed by atoms with Crippen LogP contribution < -0.4 is 5.32 Å². The van der Waals surface area contributed by atoms with Crippen LogP contribution in [0.3, 0.4) is 0 Å². The molecule has 2 aliphatic rings. The molecule has 0 aromatic rings. The number of hydrogen-bond donors (Lipinski definition) is 1. The molecule has 1 aliphatic heterocycles. The topological polar surface area (TPSA) is 41.6 Å². The number of urea groups is 1. The fourth-order valence-corrected chi connectivity index (χ4v) is 2.70. The van der Waals surface area contributed by atoms with Gasteiger partial charge < -0.3 is 15.0 Å². The molecule has 0 radical (unpaired) electrons. The van der Waals surface area contributed by atoms with Gasteiger partial charge in [-0.3, -0.25) is 0 Å². The van der Waals surface area contributed by atoms with Gasteiger partial charge in [0.1, 0.15) is 0 Å². The van der Waals surface area contributed by atoms with Crippen LogP contribution in [0.4, 0.5) is 4.79 Å². The van der Waals surface area contributed by atoms with Gasteiger partial charge in [-0.15, -0.1) is 0 Å². The molecular weight excluding hydrogens is 216 g/mol. The summed E-state index contributed by atoms with van der Waals surface area (Å²) >= 11 is 0. The minimum Gasteiger partial charge on any atom is -0.378 e. The van der Waals surface area contributed by atoms with Crippen molar-refractivity contribution in [2.24, 2.45) is 5.92 Å². The number of likely N-dealkylation sites (tertiary alicyclic amines) is 1. The second-order valence-electron chi connectivity index (χ2n) is 5.39. The first-order chi connectivity index (χ1) is 8.19. The molecule has 0 spiro atoms. The molecule has 17 heavy (non-hydrogen) atoms. The highest BCUT2D eigenvalue weighted by Crippen LogP contribution is 2.24. The van der Waals surface area contributed by atoms with Crippen LogP contribution in [0.25, 0.3) is 0 Å². The Hall–Kier alpha value is -0.770. The van der Waals surface area contributed by atoms with Gasteiger partial charge in [0, 0.05) is 25.7 Å². The van der Waals surface area contributed by atoms with E-state index in [4.69, 9.17) is 4.74 Å². The largest absolute Gasteiger partial charge is 0.378 e. The third kappa shape index (κ3) is 3.35. The number of ether oxygens (including phenoxy) is 1. The molecule has 4 nitrogen and oxygen atoms in total. The lowest BCUT2D eigenvalue weighted by atomic mass is 9.89. The summed E-state index contributed by atoms with van der Waals surface area (Å²) in [5, 5.41) is 3.10. The van der Waals surface area contributed by atoms with Gasteiger partial charge in [0.05, 0.1) is 6.10 Å². The van der Waals surface area contributed by atoms with E-state index in [1.54, 1.807) is 0 Å². The van der Waals surface area contributed by atoms with Crippen molar-refractivity contribution in [1.29, 1.82) is 0 Å². The summed E-state index contributed by atoms with van der Waals surface area (Å²) in [4.78, 5) is 13.9. The minimum atomic E-state index is 0.122. The summed E-state index contributed by atoms with van der Waals surface area (Å²) in [6.07, 6.45) is 4.71. The standard InChI is InChI=1S/C13H24N2O2/c1-3-17-12-7-11(8-12)14-13(16)15-6-4-5-10(2)9-15/h10-12H,3-9H2,1-2H3,(H,14,16). The SMILES string of the molecule is CCOC1CC(NC(=O)N2CCCC(C)C2)C1. The Morgan fingerprint density at radius 3 is 2.88 bits per heavy atom. The zero-order valence-electron chi connectivity index (χ0n) is 10.9. The number of nitrogens with one attached hydrogen (secondary N) is 1. The second kappa shape index (κ2) is 5.71. The first-order valence-corrected chi connectivity index (χ1v) is 6.86. The van der Waals surface area contributed by atoms with E-state index in [0.29, 0.717) is 18.1 Å². The monoisotopic (exact) mass is 240 g/mol. The fraction of sp³-hybridized carbons (Fsp3) is 0.923. The Labute approximate surface area is 104 Å². The Balaban J connectivity index is 1.68. The first kappa shape index (κ1) is 12.7. The summed E-state index contributed by atoms with van der Waals surface area (Å²) in [7, 11) is 0. The van der Waals surface area contributed by atoms with Gasteiger partial charge >= 0.3 is 6.03 Å². The van der Waals surface area contributed by atoms with E-state index < -0.39 is 0 Å². The van der Waals surface area contributed by atoms with Gasteiger partial charge in [-0.25, -0.2) is 4.79 Å². The Kier molecular flexibility index (Phi) is 4.26. The van der Waals surface area contributed by atoms with Crippen LogP contribution >= 0.6 is 0 Å². The van der Waals surface area contributed by atoms with E-state index >= 15 is 0 Å². The van der Waals surface area contributed by atoms with Gasteiger partial charge in [-0.2, -0.15) is 0 Å². The minimum absolute atomic E-state index is 0.122. The normalized spacial score (nSPS) is 33.1. The maximum absolute atomic E-state index is 12.0. The lowest BCUT2D eigenvalue weighted by Crippen LogP contribution is -2.53. The van der Waals surface area contributed by atoms with Crippen molar-refractivity contribution in [3.63, 3.8) is 0 Å². The van der Waals surface area contributed by atoms with Crippen LogP contribution in [0.2, 0.25) is 0 Å². The van der Waals surface area contributed by atoms with Gasteiger partial charge in [0.2, 0.25) is 0 Å². The highest BCUT2D eigenvalue weighted by atomic mass is 16.5. The molecule has 0 bridgehead atoms. The van der Waals surface area contributed by atoms with Crippen molar-refractivity contribution < 1.29 is 9.53 Å². The van der Waals surface area contributed by atoms with E-state index in [1.165, 1.54) is 6.42 Å². The summed E-state index contributed by atoms with van der Waals surface area (Å²) in [5.41, 5.74) is 0. The molecule has 4 heteroatoms. The molecule has 1 aliphatic carbocycles. The highest BCUT2D eigenvalue weighted by Gasteiger charge is 2.32. The van der Waals surface area contributed by atoms with Crippen molar-refractivity contribution in [3.8, 4) is 0 Å². The van der Waals surface area contributed by atoms with Gasteiger partial charge in [0.15, 0.2) is 0 Å². The summed E-state index contributed by atoms with van der Waals surface area (Å²) in [6, 6.07) is 0.452. The predicted molar refractivity (Wildman–Crippen MR) is 66.9 cm³/mol. The summed E-state index contributed by atoms with van der Waals surface area (Å²) in [6.45, 7) is 6.83. The van der Waals surface area contributed by atoms with E-state index in [0.717, 1.165) is 39.0 Å². The maximum atomic E-state index is 12.0. The van der Waals surface area contributed by atoms with Crippen molar-refractivity contribution in [2.45, 2.75) is 51.7 Å². The predicted octanol–water partition coefficient (Wildman–Crippen LogP) is 2.00. The molecule has 1 atom stereocenters. The molecule has 1 saturated heterocycles. The van der Waals surface area contributed by atoms with Crippen molar-refractivity contribution in [3.05, 3.63) is 0 Å². The Morgan fingerprint density at radius 1 is 1.47 bits per heavy atom. The van der Waals surface area contributed by atoms with Crippen molar-refractivity contribution in [2.75, 3.05) is 19.7 Å². The third-order valence-electron chi connectivity index (χ3n) is 3.77. The maximum Gasteiger partial charge on any atom is 0.317 e. The lowest BCUT2D eigenvalue weighted by Gasteiger charge is -2.38. The number of carbonyl (C=O) groups is 1. The third-order valence-corrected chi connectivity index (χ3v) is 3.77. The molecule has 1 unspecified atom stereocenters. The Morgan fingerprint density at radius 2 is 2.24 bits per heavy atom. The molecule has 0 aromatic carbocycles. The average molecular weight is 240 g/mol. The smallest absolute Gasteiger partial charge is 0.317 e. The van der Waals surface area contributed by atoms with Crippen LogP contribution in [0.1, 0.15) is 39.5 Å². The van der Waals surface area contributed by atoms with Crippen LogP contribution in [0.15, 0.2) is 0 Å². The fourth-order valence-electron chi connectivity index (χ4n) is 2.70. The van der Waals surface area contributed by atoms with Gasteiger partial charge in [-0.1, -0.05) is 6.92 Å². The molecule has 1 saturated carbocycles. The van der Waals surface area contributed by atoms with E-state index in [1.807, 2.05) is 11.8 Å². The molecule has 1 N–H and O–H groups in total. The quantitative estimate of drug-likeness (QED) is 0.819. The van der Waals surface area contributed by atoms with Gasteiger partial charge in [-0.05, 0) is 38.5 Å². The summed E-state index contributed by atoms with van der Waals surface area (Å²) < 4.78 is 5.49. The summed E-state index contributed by atoms with van der Waals surface area (Å²) in [5.74, 6) is 0.645. The first-order valence-electron chi connectivity index (χ1n) is 6.86. The number of hydrogen-bond acceptors (Lipinski definition) is 2. The second-order valence-corrected chi connectivity index (χ2v) is 5.39. The molecule has 98 valence electrons. The highest BCUT2D eigenvalue weighted by molar-refractivity contribution is 5.74. The molecule has 2 fully saturated rings. The van der Waals surface area contributed by atoms with Crippen molar-refractivity contribution in [1.82, 2.24) is 10.2 Å². The van der Waals surface area contributed by atoms with Crippen LogP contribution in [0.5, 0.6) is 0 Å². The average Bonchev–Trinajstić information content (AvgIpc) is 2.26. The van der Waals surface area contributed by atoms with Crippen molar-refractivity contribution >= 4 is 6.03 Å².